The van der Waals surface area contributed by atoms with Crippen molar-refractivity contribution < 1.29 is 14.4 Å². The quantitative estimate of drug-likeness (QED) is 0.807. The van der Waals surface area contributed by atoms with Crippen molar-refractivity contribution in [2.24, 2.45) is 5.92 Å². The summed E-state index contributed by atoms with van der Waals surface area (Å²) >= 11 is 0. The number of nitrogens with zero attached hydrogens (tertiary/aromatic N) is 1. The summed E-state index contributed by atoms with van der Waals surface area (Å²) in [5.74, 6) is -0.175. The molecule has 2 atom stereocenters. The van der Waals surface area contributed by atoms with Gasteiger partial charge in [0.1, 0.15) is 12.1 Å². The van der Waals surface area contributed by atoms with Crippen molar-refractivity contribution >= 4 is 17.8 Å². The van der Waals surface area contributed by atoms with Gasteiger partial charge in [-0.2, -0.15) is 0 Å². The van der Waals surface area contributed by atoms with Crippen LogP contribution in [0.15, 0.2) is 24.3 Å². The Balaban J connectivity index is 1.71. The summed E-state index contributed by atoms with van der Waals surface area (Å²) in [6.45, 7) is 5.34. The van der Waals surface area contributed by atoms with Gasteiger partial charge in [-0.25, -0.2) is 4.79 Å². The topological polar surface area (TPSA) is 78.5 Å². The van der Waals surface area contributed by atoms with Gasteiger partial charge in [0.15, 0.2) is 0 Å². The van der Waals surface area contributed by atoms with Crippen molar-refractivity contribution in [1.29, 1.82) is 0 Å². The van der Waals surface area contributed by atoms with Crippen molar-refractivity contribution in [3.8, 4) is 0 Å². The first kappa shape index (κ1) is 16.5. The Bertz CT molecular complexity index is 681. The molecular weight excluding hydrogens is 306 g/mol. The lowest BCUT2D eigenvalue weighted by Crippen LogP contribution is -2.45. The molecule has 2 N–H and O–H groups in total. The van der Waals surface area contributed by atoms with E-state index < -0.39 is 17.5 Å². The molecule has 24 heavy (non-hydrogen) atoms. The number of carbonyl (C=O) groups is 3. The minimum absolute atomic E-state index is 0.0850. The highest BCUT2D eigenvalue weighted by atomic mass is 16.2. The van der Waals surface area contributed by atoms with Gasteiger partial charge in [-0.1, -0.05) is 29.8 Å². The second-order valence-corrected chi connectivity index (χ2v) is 7.01. The third kappa shape index (κ3) is 3.00. The molecule has 2 aliphatic rings. The molecule has 3 rings (SSSR count). The molecule has 0 aromatic heterocycles. The third-order valence-electron chi connectivity index (χ3n) is 4.92. The van der Waals surface area contributed by atoms with Crippen molar-refractivity contribution in [1.82, 2.24) is 15.5 Å². The fraction of sp³-hybridized carbons (Fsp3) is 0.500. The van der Waals surface area contributed by atoms with Gasteiger partial charge in [-0.15, -0.1) is 0 Å². The van der Waals surface area contributed by atoms with E-state index in [1.54, 1.807) is 6.92 Å². The van der Waals surface area contributed by atoms with Gasteiger partial charge < -0.3 is 10.6 Å². The summed E-state index contributed by atoms with van der Waals surface area (Å²) in [5, 5.41) is 5.59. The number of imide groups is 1. The van der Waals surface area contributed by atoms with E-state index in [1.165, 1.54) is 0 Å². The molecule has 1 aromatic rings. The van der Waals surface area contributed by atoms with E-state index in [-0.39, 0.29) is 18.5 Å². The van der Waals surface area contributed by atoms with Crippen LogP contribution < -0.4 is 10.6 Å². The predicted octanol–water partition coefficient (Wildman–Crippen LogP) is 1.68. The van der Waals surface area contributed by atoms with E-state index in [9.17, 15) is 14.4 Å². The molecule has 1 saturated carbocycles. The molecule has 2 fully saturated rings. The van der Waals surface area contributed by atoms with Crippen molar-refractivity contribution in [2.75, 3.05) is 6.54 Å². The summed E-state index contributed by atoms with van der Waals surface area (Å²) in [5.41, 5.74) is 0.651. The molecule has 1 heterocycles. The van der Waals surface area contributed by atoms with Crippen LogP contribution >= 0.6 is 0 Å². The Morgan fingerprint density at radius 3 is 2.54 bits per heavy atom. The van der Waals surface area contributed by atoms with Crippen LogP contribution in [0.3, 0.4) is 0 Å². The average Bonchev–Trinajstić information content (AvgIpc) is 3.34. The van der Waals surface area contributed by atoms with Gasteiger partial charge in [-0.3, -0.25) is 14.5 Å². The molecular formula is C18H23N3O3. The summed E-state index contributed by atoms with van der Waals surface area (Å²) < 4.78 is 0. The maximum absolute atomic E-state index is 12.8. The van der Waals surface area contributed by atoms with E-state index in [0.717, 1.165) is 23.3 Å². The van der Waals surface area contributed by atoms with Gasteiger partial charge in [-0.05, 0) is 45.1 Å². The maximum Gasteiger partial charge on any atom is 0.325 e. The van der Waals surface area contributed by atoms with E-state index in [0.29, 0.717) is 11.5 Å². The van der Waals surface area contributed by atoms with E-state index in [1.807, 2.05) is 38.1 Å². The lowest BCUT2D eigenvalue weighted by Gasteiger charge is -2.22. The maximum atomic E-state index is 12.8. The second-order valence-electron chi connectivity index (χ2n) is 7.01. The number of aryl methyl sites for hydroxylation is 1. The number of benzene rings is 1. The summed E-state index contributed by atoms with van der Waals surface area (Å²) in [6.07, 6.45) is 2.24. The zero-order valence-corrected chi connectivity index (χ0v) is 14.3. The first-order chi connectivity index (χ1) is 11.3. The normalized spacial score (nSPS) is 24.7. The van der Waals surface area contributed by atoms with Gasteiger partial charge in [0.2, 0.25) is 5.91 Å². The molecule has 4 amide bonds. The Kier molecular flexibility index (Phi) is 4.07. The Morgan fingerprint density at radius 2 is 1.96 bits per heavy atom. The fourth-order valence-electron chi connectivity index (χ4n) is 3.08. The average molecular weight is 329 g/mol. The van der Waals surface area contributed by atoms with Crippen LogP contribution in [0.1, 0.15) is 37.8 Å². The van der Waals surface area contributed by atoms with Gasteiger partial charge in [0.25, 0.3) is 5.91 Å². The molecule has 1 aromatic carbocycles. The minimum atomic E-state index is -1.13. The molecule has 6 heteroatoms. The summed E-state index contributed by atoms with van der Waals surface area (Å²) in [6, 6.07) is 7.00. The highest BCUT2D eigenvalue weighted by Crippen LogP contribution is 2.32. The number of hydrogen-bond acceptors (Lipinski definition) is 3. The molecule has 0 radical (unpaired) electrons. The highest BCUT2D eigenvalue weighted by Gasteiger charge is 2.49. The number of urea groups is 1. The lowest BCUT2D eigenvalue weighted by atomic mass is 9.91. The first-order valence-corrected chi connectivity index (χ1v) is 8.32. The Labute approximate surface area is 141 Å². The number of carbonyl (C=O) groups excluding carboxylic acids is 3. The van der Waals surface area contributed by atoms with Crippen LogP contribution in [0.25, 0.3) is 0 Å². The van der Waals surface area contributed by atoms with Crippen LogP contribution in [0.5, 0.6) is 0 Å². The smallest absolute Gasteiger partial charge is 0.325 e. The van der Waals surface area contributed by atoms with Crippen LogP contribution in [0.2, 0.25) is 0 Å². The zero-order chi connectivity index (χ0) is 17.5. The van der Waals surface area contributed by atoms with E-state index >= 15 is 0 Å². The van der Waals surface area contributed by atoms with Crippen molar-refractivity contribution in [3.63, 3.8) is 0 Å². The molecule has 1 saturated heterocycles. The predicted molar refractivity (Wildman–Crippen MR) is 89.1 cm³/mol. The largest absolute Gasteiger partial charge is 0.352 e. The Morgan fingerprint density at radius 1 is 1.33 bits per heavy atom. The molecule has 6 nitrogen and oxygen atoms in total. The van der Waals surface area contributed by atoms with Crippen LogP contribution in [0, 0.1) is 12.8 Å². The molecule has 0 spiro atoms. The van der Waals surface area contributed by atoms with Crippen LogP contribution in [0.4, 0.5) is 4.79 Å². The molecule has 1 aliphatic carbocycles. The Hall–Kier alpha value is -2.37. The third-order valence-corrected chi connectivity index (χ3v) is 4.92. The zero-order valence-electron chi connectivity index (χ0n) is 14.3. The summed E-state index contributed by atoms with van der Waals surface area (Å²) in [4.78, 5) is 38.1. The standard InChI is InChI=1S/C18H23N3O3/c1-11-4-8-14(9-5-11)18(3)16(23)21(17(24)20-18)10-15(22)19-12(2)13-6-7-13/h4-5,8-9,12-13H,6-7,10H2,1-3H3,(H,19,22)(H,20,24)/t12-,18+/m0/s1. The lowest BCUT2D eigenvalue weighted by molar-refractivity contribution is -0.135. The van der Waals surface area contributed by atoms with Crippen molar-refractivity contribution in [3.05, 3.63) is 35.4 Å². The minimum Gasteiger partial charge on any atom is -0.352 e. The molecule has 0 bridgehead atoms. The molecule has 0 unspecified atom stereocenters. The van der Waals surface area contributed by atoms with Crippen LogP contribution in [-0.2, 0) is 15.1 Å². The molecule has 128 valence electrons. The monoisotopic (exact) mass is 329 g/mol. The van der Waals surface area contributed by atoms with Crippen molar-refractivity contribution in [2.45, 2.75) is 45.2 Å². The number of nitrogens with one attached hydrogen (secondary N) is 2. The molecule has 1 aliphatic heterocycles. The number of amides is 4. The van der Waals surface area contributed by atoms with Gasteiger partial charge in [0, 0.05) is 6.04 Å². The van der Waals surface area contributed by atoms with Crippen LogP contribution in [-0.4, -0.2) is 35.3 Å². The van der Waals surface area contributed by atoms with E-state index in [4.69, 9.17) is 0 Å². The van der Waals surface area contributed by atoms with Gasteiger partial charge in [0.05, 0.1) is 0 Å². The van der Waals surface area contributed by atoms with E-state index in [2.05, 4.69) is 10.6 Å². The first-order valence-electron chi connectivity index (χ1n) is 8.32. The highest BCUT2D eigenvalue weighted by molar-refractivity contribution is 6.09. The van der Waals surface area contributed by atoms with Gasteiger partial charge >= 0.3 is 6.03 Å². The summed E-state index contributed by atoms with van der Waals surface area (Å²) in [7, 11) is 0. The second kappa shape index (κ2) is 5.92. The number of rotatable bonds is 5. The SMILES string of the molecule is Cc1ccc([C@@]2(C)NC(=O)N(CC(=O)N[C@@H](C)C3CC3)C2=O)cc1. The number of hydrogen-bond donors (Lipinski definition) is 2. The fourth-order valence-corrected chi connectivity index (χ4v) is 3.08.